The molecule has 0 N–H and O–H groups in total. The van der Waals surface area contributed by atoms with Crippen LogP contribution in [0.25, 0.3) is 0 Å². The fraction of sp³-hybridized carbons (Fsp3) is 0.300. The topological polar surface area (TPSA) is 44.1 Å². The van der Waals surface area contributed by atoms with Crippen molar-refractivity contribution in [3.63, 3.8) is 0 Å². The summed E-state index contributed by atoms with van der Waals surface area (Å²) < 4.78 is 0. The summed E-state index contributed by atoms with van der Waals surface area (Å²) in [6, 6.07) is 18.4. The monoisotopic (exact) mass is 336 g/mol. The van der Waals surface area contributed by atoms with Crippen molar-refractivity contribution in [1.82, 2.24) is 4.90 Å². The highest BCUT2D eigenvalue weighted by Gasteiger charge is 2.41. The quantitative estimate of drug-likeness (QED) is 0.783. The third-order valence-electron chi connectivity index (χ3n) is 4.81. The fourth-order valence-corrected chi connectivity index (χ4v) is 4.43. The Balaban J connectivity index is 1.98. The van der Waals surface area contributed by atoms with Gasteiger partial charge in [-0.25, -0.2) is 0 Å². The molecule has 0 unspecified atom stereocenters. The van der Waals surface area contributed by atoms with Crippen LogP contribution in [0.15, 0.2) is 64.4 Å². The zero-order valence-electron chi connectivity index (χ0n) is 13.7. The van der Waals surface area contributed by atoms with Crippen LogP contribution in [0.2, 0.25) is 0 Å². The van der Waals surface area contributed by atoms with Gasteiger partial charge < -0.3 is 4.90 Å². The minimum atomic E-state index is -0.480. The first-order valence-corrected chi connectivity index (χ1v) is 8.95. The van der Waals surface area contributed by atoms with Crippen molar-refractivity contribution in [1.29, 1.82) is 5.26 Å². The number of hydrogen-bond acceptors (Lipinski definition) is 4. The first-order valence-electron chi connectivity index (χ1n) is 8.14. The van der Waals surface area contributed by atoms with Gasteiger partial charge in [0.25, 0.3) is 0 Å². The van der Waals surface area contributed by atoms with Crippen LogP contribution in [-0.4, -0.2) is 23.8 Å². The molecule has 0 radical (unpaired) electrons. The Bertz CT molecular complexity index is 759. The molecule has 1 aliphatic heterocycles. The van der Waals surface area contributed by atoms with Crippen molar-refractivity contribution < 1.29 is 4.79 Å². The Morgan fingerprint density at radius 1 is 1.08 bits per heavy atom. The van der Waals surface area contributed by atoms with E-state index in [-0.39, 0.29) is 5.78 Å². The van der Waals surface area contributed by atoms with Gasteiger partial charge in [-0.1, -0.05) is 48.2 Å². The maximum atomic E-state index is 12.6. The number of benzene rings is 2. The van der Waals surface area contributed by atoms with Gasteiger partial charge in [-0.15, -0.1) is 0 Å². The van der Waals surface area contributed by atoms with Crippen LogP contribution < -0.4 is 0 Å². The molecule has 0 spiro atoms. The molecule has 3 rings (SSSR count). The highest BCUT2D eigenvalue weighted by atomic mass is 32.2. The van der Waals surface area contributed by atoms with E-state index in [1.54, 1.807) is 23.6 Å². The molecule has 1 heterocycles. The summed E-state index contributed by atoms with van der Waals surface area (Å²) in [6.45, 7) is 2.97. The van der Waals surface area contributed by atoms with E-state index in [1.807, 2.05) is 30.3 Å². The number of nitriles is 1. The molecule has 0 atom stereocenters. The third kappa shape index (κ3) is 3.18. The summed E-state index contributed by atoms with van der Waals surface area (Å²) in [7, 11) is 0. The number of ketones is 1. The van der Waals surface area contributed by atoms with Crippen molar-refractivity contribution in [2.45, 2.75) is 35.0 Å². The molecule has 4 heteroatoms. The Labute approximate surface area is 147 Å². The number of carbonyl (C=O) groups is 1. The number of rotatable bonds is 4. The highest BCUT2D eigenvalue weighted by Crippen LogP contribution is 2.42. The molecule has 0 aliphatic carbocycles. The Hall–Kier alpha value is -2.25. The molecule has 3 nitrogen and oxygen atoms in total. The summed E-state index contributed by atoms with van der Waals surface area (Å²) in [5, 5.41) is 9.11. The van der Waals surface area contributed by atoms with Gasteiger partial charge in [0.15, 0.2) is 6.19 Å². The number of nitrogens with zero attached hydrogens (tertiary/aromatic N) is 2. The van der Waals surface area contributed by atoms with Crippen molar-refractivity contribution >= 4 is 17.5 Å². The van der Waals surface area contributed by atoms with E-state index in [0.717, 1.165) is 15.4 Å². The molecule has 0 saturated carbocycles. The number of hydrogen-bond donors (Lipinski definition) is 0. The summed E-state index contributed by atoms with van der Waals surface area (Å²) in [5.74, 6) is 0.196. The second kappa shape index (κ2) is 7.11. The van der Waals surface area contributed by atoms with Gasteiger partial charge in [0.2, 0.25) is 0 Å². The van der Waals surface area contributed by atoms with E-state index in [0.29, 0.717) is 25.9 Å². The summed E-state index contributed by atoms with van der Waals surface area (Å²) in [4.78, 5) is 16.6. The molecule has 2 aromatic carbocycles. The van der Waals surface area contributed by atoms with Gasteiger partial charge in [-0.3, -0.25) is 4.79 Å². The molecule has 0 amide bonds. The normalized spacial score (nSPS) is 16.4. The largest absolute Gasteiger partial charge is 0.311 e. The number of likely N-dealkylation sites (tertiary alicyclic amines) is 1. The zero-order valence-corrected chi connectivity index (χ0v) is 14.6. The van der Waals surface area contributed by atoms with Crippen LogP contribution in [0.5, 0.6) is 0 Å². The second-order valence-corrected chi connectivity index (χ2v) is 7.25. The standard InChI is InChI=1S/C20H20N2OS/c1-16(23)20(11-13-22(15-21)14-12-20)18-9-5-6-10-19(18)24-17-7-3-2-4-8-17/h2-10H,11-14H2,1H3. The number of Topliss-reactive ketones (excluding diaryl/α,β-unsaturated/α-hetero) is 1. The van der Waals surface area contributed by atoms with Crippen molar-refractivity contribution in [3.8, 4) is 6.19 Å². The average Bonchev–Trinajstić information content (AvgIpc) is 2.63. The predicted molar refractivity (Wildman–Crippen MR) is 95.8 cm³/mol. The molecule has 0 bridgehead atoms. The van der Waals surface area contributed by atoms with Gasteiger partial charge in [0.1, 0.15) is 5.78 Å². The molecule has 1 aliphatic rings. The van der Waals surface area contributed by atoms with E-state index in [1.165, 1.54) is 0 Å². The molecular formula is C20H20N2OS. The maximum Gasteiger partial charge on any atom is 0.179 e. The van der Waals surface area contributed by atoms with E-state index in [9.17, 15) is 4.79 Å². The maximum absolute atomic E-state index is 12.6. The van der Waals surface area contributed by atoms with E-state index in [4.69, 9.17) is 5.26 Å². The third-order valence-corrected chi connectivity index (χ3v) is 5.89. The molecular weight excluding hydrogens is 316 g/mol. The van der Waals surface area contributed by atoms with E-state index >= 15 is 0 Å². The Morgan fingerprint density at radius 2 is 1.71 bits per heavy atom. The van der Waals surface area contributed by atoms with Crippen LogP contribution in [0.1, 0.15) is 25.3 Å². The first-order chi connectivity index (χ1) is 11.7. The lowest BCUT2D eigenvalue weighted by Crippen LogP contribution is -2.45. The van der Waals surface area contributed by atoms with Crippen molar-refractivity contribution in [2.75, 3.05) is 13.1 Å². The van der Waals surface area contributed by atoms with E-state index < -0.39 is 5.41 Å². The van der Waals surface area contributed by atoms with Gasteiger partial charge in [0, 0.05) is 22.9 Å². The zero-order chi connectivity index (χ0) is 17.0. The lowest BCUT2D eigenvalue weighted by molar-refractivity contribution is -0.124. The Morgan fingerprint density at radius 3 is 2.33 bits per heavy atom. The minimum absolute atomic E-state index is 0.196. The first kappa shape index (κ1) is 16.6. The molecule has 1 fully saturated rings. The smallest absolute Gasteiger partial charge is 0.179 e. The summed E-state index contributed by atoms with van der Waals surface area (Å²) in [6.07, 6.45) is 3.60. The lowest BCUT2D eigenvalue weighted by Gasteiger charge is -2.39. The predicted octanol–water partition coefficient (Wildman–Crippen LogP) is 4.24. The van der Waals surface area contributed by atoms with Gasteiger partial charge in [-0.2, -0.15) is 5.26 Å². The molecule has 122 valence electrons. The van der Waals surface area contributed by atoms with Crippen molar-refractivity contribution in [3.05, 3.63) is 60.2 Å². The van der Waals surface area contributed by atoms with Gasteiger partial charge in [-0.05, 0) is 43.5 Å². The highest BCUT2D eigenvalue weighted by molar-refractivity contribution is 7.99. The van der Waals surface area contributed by atoms with Crippen LogP contribution in [0.3, 0.4) is 0 Å². The van der Waals surface area contributed by atoms with Crippen LogP contribution >= 0.6 is 11.8 Å². The summed E-state index contributed by atoms with van der Waals surface area (Å²) >= 11 is 1.70. The number of piperidine rings is 1. The molecule has 2 aromatic rings. The fourth-order valence-electron chi connectivity index (χ4n) is 3.37. The lowest BCUT2D eigenvalue weighted by atomic mass is 9.70. The van der Waals surface area contributed by atoms with Crippen LogP contribution in [0.4, 0.5) is 0 Å². The molecule has 1 saturated heterocycles. The molecule has 0 aromatic heterocycles. The SMILES string of the molecule is CC(=O)C1(c2ccccc2Sc2ccccc2)CCN(C#N)CC1. The van der Waals surface area contributed by atoms with Crippen LogP contribution in [-0.2, 0) is 10.2 Å². The van der Waals surface area contributed by atoms with E-state index in [2.05, 4.69) is 30.5 Å². The van der Waals surface area contributed by atoms with Crippen molar-refractivity contribution in [2.24, 2.45) is 0 Å². The van der Waals surface area contributed by atoms with Crippen LogP contribution in [0, 0.1) is 11.5 Å². The van der Waals surface area contributed by atoms with Gasteiger partial charge in [0.05, 0.1) is 5.41 Å². The minimum Gasteiger partial charge on any atom is -0.311 e. The summed E-state index contributed by atoms with van der Waals surface area (Å²) in [5.41, 5.74) is 0.620. The number of carbonyl (C=O) groups excluding carboxylic acids is 1. The van der Waals surface area contributed by atoms with Gasteiger partial charge >= 0.3 is 0 Å². The Kier molecular flexibility index (Phi) is 4.92. The molecule has 24 heavy (non-hydrogen) atoms. The average molecular weight is 336 g/mol. The second-order valence-electron chi connectivity index (χ2n) is 6.14.